The zero-order chi connectivity index (χ0) is 13.2. The summed E-state index contributed by atoms with van der Waals surface area (Å²) in [5.41, 5.74) is 7.87. The van der Waals surface area contributed by atoms with Crippen LogP contribution in [0.4, 0.5) is 5.69 Å². The minimum absolute atomic E-state index is 0.0156. The second kappa shape index (κ2) is 4.97. The van der Waals surface area contributed by atoms with Gasteiger partial charge in [-0.15, -0.1) is 0 Å². The third-order valence-electron chi connectivity index (χ3n) is 3.59. The SMILES string of the molecule is Nc1cc(C(=O)C2CCOCC2)nc2ccccc12. The van der Waals surface area contributed by atoms with Crippen molar-refractivity contribution in [1.82, 2.24) is 4.98 Å². The molecule has 2 N–H and O–H groups in total. The predicted octanol–water partition coefficient (Wildman–Crippen LogP) is 2.43. The molecule has 4 nitrogen and oxygen atoms in total. The molecule has 0 aliphatic carbocycles. The fraction of sp³-hybridized carbons (Fsp3) is 0.333. The van der Waals surface area contributed by atoms with Crippen molar-refractivity contribution in [1.29, 1.82) is 0 Å². The number of carbonyl (C=O) groups is 1. The summed E-state index contributed by atoms with van der Waals surface area (Å²) in [5.74, 6) is 0.0996. The molecule has 0 radical (unpaired) electrons. The van der Waals surface area contributed by atoms with Crippen molar-refractivity contribution in [3.63, 3.8) is 0 Å². The number of aromatic nitrogens is 1. The van der Waals surface area contributed by atoms with E-state index >= 15 is 0 Å². The number of fused-ring (bicyclic) bond motifs is 1. The van der Waals surface area contributed by atoms with E-state index in [0.717, 1.165) is 23.7 Å². The van der Waals surface area contributed by atoms with Gasteiger partial charge in [-0.3, -0.25) is 4.79 Å². The molecule has 0 amide bonds. The molecule has 1 aromatic carbocycles. The molecule has 1 aliphatic rings. The van der Waals surface area contributed by atoms with Gasteiger partial charge < -0.3 is 10.5 Å². The van der Waals surface area contributed by atoms with Crippen LogP contribution in [0.5, 0.6) is 0 Å². The quantitative estimate of drug-likeness (QED) is 0.838. The van der Waals surface area contributed by atoms with Crippen molar-refractivity contribution < 1.29 is 9.53 Å². The molecule has 1 aliphatic heterocycles. The molecule has 98 valence electrons. The first kappa shape index (κ1) is 12.1. The van der Waals surface area contributed by atoms with Gasteiger partial charge in [-0.25, -0.2) is 4.98 Å². The van der Waals surface area contributed by atoms with Crippen molar-refractivity contribution in [3.05, 3.63) is 36.0 Å². The second-order valence-electron chi connectivity index (χ2n) is 4.86. The number of hydrogen-bond acceptors (Lipinski definition) is 4. The van der Waals surface area contributed by atoms with Crippen LogP contribution in [-0.4, -0.2) is 24.0 Å². The second-order valence-corrected chi connectivity index (χ2v) is 4.86. The van der Waals surface area contributed by atoms with Gasteiger partial charge in [0, 0.05) is 30.2 Å². The van der Waals surface area contributed by atoms with Crippen LogP contribution in [0.1, 0.15) is 23.3 Å². The highest BCUT2D eigenvalue weighted by molar-refractivity contribution is 6.01. The summed E-state index contributed by atoms with van der Waals surface area (Å²) in [6.45, 7) is 1.30. The van der Waals surface area contributed by atoms with Gasteiger partial charge in [-0.2, -0.15) is 0 Å². The normalized spacial score (nSPS) is 16.6. The van der Waals surface area contributed by atoms with Gasteiger partial charge in [0.05, 0.1) is 5.52 Å². The van der Waals surface area contributed by atoms with Gasteiger partial charge in [0.2, 0.25) is 0 Å². The van der Waals surface area contributed by atoms with E-state index in [1.807, 2.05) is 24.3 Å². The number of benzene rings is 1. The van der Waals surface area contributed by atoms with Crippen molar-refractivity contribution in [2.24, 2.45) is 5.92 Å². The number of nitrogens with zero attached hydrogens (tertiary/aromatic N) is 1. The van der Waals surface area contributed by atoms with Crippen LogP contribution in [0.3, 0.4) is 0 Å². The molecule has 2 heterocycles. The Morgan fingerprint density at radius 2 is 2.00 bits per heavy atom. The number of anilines is 1. The summed E-state index contributed by atoms with van der Waals surface area (Å²) >= 11 is 0. The monoisotopic (exact) mass is 256 g/mol. The highest BCUT2D eigenvalue weighted by Gasteiger charge is 2.24. The van der Waals surface area contributed by atoms with Crippen molar-refractivity contribution >= 4 is 22.4 Å². The number of para-hydroxylation sites is 1. The molecule has 0 saturated carbocycles. The first-order chi connectivity index (χ1) is 9.25. The molecule has 2 aromatic rings. The molecule has 1 saturated heterocycles. The van der Waals surface area contributed by atoms with Crippen LogP contribution in [0.25, 0.3) is 10.9 Å². The summed E-state index contributed by atoms with van der Waals surface area (Å²) in [6, 6.07) is 9.31. The number of nitrogens with two attached hydrogens (primary N) is 1. The lowest BCUT2D eigenvalue weighted by Crippen LogP contribution is -2.24. The predicted molar refractivity (Wildman–Crippen MR) is 74.0 cm³/mol. The summed E-state index contributed by atoms with van der Waals surface area (Å²) in [4.78, 5) is 16.9. The van der Waals surface area contributed by atoms with E-state index in [9.17, 15) is 4.79 Å². The average Bonchev–Trinajstić information content (AvgIpc) is 2.47. The standard InChI is InChI=1S/C15H16N2O2/c16-12-9-14(15(18)10-5-7-19-8-6-10)17-13-4-2-1-3-11(12)13/h1-4,9-10H,5-8H2,(H2,16,17). The number of nitrogen functional groups attached to an aromatic ring is 1. The maximum atomic E-state index is 12.4. The highest BCUT2D eigenvalue weighted by Crippen LogP contribution is 2.24. The van der Waals surface area contributed by atoms with Gasteiger partial charge in [0.15, 0.2) is 5.78 Å². The number of carbonyl (C=O) groups excluding carboxylic acids is 1. The lowest BCUT2D eigenvalue weighted by molar-refractivity contribution is 0.0542. The molecule has 0 unspecified atom stereocenters. The summed E-state index contributed by atoms with van der Waals surface area (Å²) < 4.78 is 5.28. The average molecular weight is 256 g/mol. The van der Waals surface area contributed by atoms with Crippen LogP contribution >= 0.6 is 0 Å². The first-order valence-electron chi connectivity index (χ1n) is 6.53. The highest BCUT2D eigenvalue weighted by atomic mass is 16.5. The van der Waals surface area contributed by atoms with E-state index in [2.05, 4.69) is 4.98 Å². The van der Waals surface area contributed by atoms with Crippen molar-refractivity contribution in [3.8, 4) is 0 Å². The fourth-order valence-electron chi connectivity index (χ4n) is 2.50. The number of rotatable bonds is 2. The van der Waals surface area contributed by atoms with Gasteiger partial charge >= 0.3 is 0 Å². The molecule has 4 heteroatoms. The van der Waals surface area contributed by atoms with E-state index in [1.165, 1.54) is 0 Å². The van der Waals surface area contributed by atoms with Crippen LogP contribution < -0.4 is 5.73 Å². The minimum atomic E-state index is 0.0156. The molecule has 0 bridgehead atoms. The van der Waals surface area contributed by atoms with E-state index in [0.29, 0.717) is 24.6 Å². The number of hydrogen-bond donors (Lipinski definition) is 1. The van der Waals surface area contributed by atoms with Gasteiger partial charge in [0.1, 0.15) is 5.69 Å². The Labute approximate surface area is 111 Å². The molecular weight excluding hydrogens is 240 g/mol. The topological polar surface area (TPSA) is 65.2 Å². The Bertz CT molecular complexity index is 619. The van der Waals surface area contributed by atoms with Gasteiger partial charge in [-0.1, -0.05) is 18.2 Å². The van der Waals surface area contributed by atoms with E-state index < -0.39 is 0 Å². The van der Waals surface area contributed by atoms with E-state index in [1.54, 1.807) is 6.07 Å². The zero-order valence-electron chi connectivity index (χ0n) is 10.6. The van der Waals surface area contributed by atoms with Crippen LogP contribution in [0, 0.1) is 5.92 Å². The Morgan fingerprint density at radius 1 is 1.26 bits per heavy atom. The maximum Gasteiger partial charge on any atom is 0.184 e. The lowest BCUT2D eigenvalue weighted by atomic mass is 9.93. The first-order valence-corrected chi connectivity index (χ1v) is 6.53. The Balaban J connectivity index is 1.98. The Kier molecular flexibility index (Phi) is 3.17. The molecule has 1 fully saturated rings. The van der Waals surface area contributed by atoms with Crippen LogP contribution in [0.15, 0.2) is 30.3 Å². The van der Waals surface area contributed by atoms with Crippen LogP contribution in [-0.2, 0) is 4.74 Å². The third-order valence-corrected chi connectivity index (χ3v) is 3.59. The molecule has 19 heavy (non-hydrogen) atoms. The van der Waals surface area contributed by atoms with Gasteiger partial charge in [0.25, 0.3) is 0 Å². The van der Waals surface area contributed by atoms with Gasteiger partial charge in [-0.05, 0) is 25.0 Å². The number of pyridine rings is 1. The third kappa shape index (κ3) is 2.31. The molecule has 0 atom stereocenters. The molecule has 0 spiro atoms. The summed E-state index contributed by atoms with van der Waals surface area (Å²) in [6.07, 6.45) is 1.54. The summed E-state index contributed by atoms with van der Waals surface area (Å²) in [5, 5.41) is 0.894. The molecular formula is C15H16N2O2. The van der Waals surface area contributed by atoms with Crippen LogP contribution in [0.2, 0.25) is 0 Å². The Morgan fingerprint density at radius 3 is 2.79 bits per heavy atom. The Hall–Kier alpha value is -1.94. The van der Waals surface area contributed by atoms with Crippen molar-refractivity contribution in [2.75, 3.05) is 18.9 Å². The fourth-order valence-corrected chi connectivity index (χ4v) is 2.50. The van der Waals surface area contributed by atoms with E-state index in [-0.39, 0.29) is 11.7 Å². The lowest BCUT2D eigenvalue weighted by Gasteiger charge is -2.20. The largest absolute Gasteiger partial charge is 0.398 e. The number of ketones is 1. The number of ether oxygens (including phenoxy) is 1. The number of Topliss-reactive ketones (excluding diaryl/α,β-unsaturated/α-hetero) is 1. The zero-order valence-corrected chi connectivity index (χ0v) is 10.6. The summed E-state index contributed by atoms with van der Waals surface area (Å²) in [7, 11) is 0. The molecule has 1 aromatic heterocycles. The molecule has 3 rings (SSSR count). The van der Waals surface area contributed by atoms with E-state index in [4.69, 9.17) is 10.5 Å². The van der Waals surface area contributed by atoms with Crippen molar-refractivity contribution in [2.45, 2.75) is 12.8 Å². The smallest absolute Gasteiger partial charge is 0.184 e. The maximum absolute atomic E-state index is 12.4. The minimum Gasteiger partial charge on any atom is -0.398 e.